The van der Waals surface area contributed by atoms with Gasteiger partial charge in [0.15, 0.2) is 10.9 Å². The molecule has 0 radical (unpaired) electrons. The number of carbonyl (C=O) groups excluding carboxylic acids is 1. The molecule has 1 aliphatic heterocycles. The Morgan fingerprint density at radius 3 is 2.85 bits per heavy atom. The van der Waals surface area contributed by atoms with Gasteiger partial charge in [0.1, 0.15) is 21.3 Å². The van der Waals surface area contributed by atoms with Gasteiger partial charge in [0.05, 0.1) is 23.4 Å². The SMILES string of the molecule is O=C(C1CCCN(S(=O)(=O)c2cccs2)C1)N(Cc1ccco1)c1nc2c(F)cc(F)cc2s1. The molecule has 178 valence electrons. The number of piperidine rings is 1. The van der Waals surface area contributed by atoms with Gasteiger partial charge in [-0.25, -0.2) is 22.2 Å². The van der Waals surface area contributed by atoms with E-state index in [1.807, 2.05) is 0 Å². The number of thiophene rings is 1. The van der Waals surface area contributed by atoms with Crippen molar-refractivity contribution in [2.24, 2.45) is 5.92 Å². The minimum atomic E-state index is -3.70. The molecule has 1 fully saturated rings. The molecule has 5 rings (SSSR count). The standard InChI is InChI=1S/C22H19F2N3O4S3/c23-15-10-17(24)20-18(11-15)33-22(25-20)27(13-16-5-2-8-31-16)21(28)14-4-1-7-26(12-14)34(29,30)19-6-3-9-32-19/h2-3,5-6,8-11,14H,1,4,7,12-13H2. The molecule has 1 unspecified atom stereocenters. The summed E-state index contributed by atoms with van der Waals surface area (Å²) in [6.45, 7) is 0.388. The maximum Gasteiger partial charge on any atom is 0.252 e. The summed E-state index contributed by atoms with van der Waals surface area (Å²) >= 11 is 2.13. The molecule has 1 saturated heterocycles. The van der Waals surface area contributed by atoms with Crippen LogP contribution in [0.15, 0.2) is 56.7 Å². The van der Waals surface area contributed by atoms with E-state index in [4.69, 9.17) is 4.42 Å². The number of thiazole rings is 1. The first-order valence-electron chi connectivity index (χ1n) is 10.5. The molecule has 1 amide bonds. The van der Waals surface area contributed by atoms with E-state index in [9.17, 15) is 22.0 Å². The molecule has 12 heteroatoms. The molecule has 0 bridgehead atoms. The van der Waals surface area contributed by atoms with Gasteiger partial charge in [0, 0.05) is 19.2 Å². The van der Waals surface area contributed by atoms with E-state index in [1.165, 1.54) is 21.5 Å². The maximum absolute atomic E-state index is 14.3. The lowest BCUT2D eigenvalue weighted by Crippen LogP contribution is -2.46. The summed E-state index contributed by atoms with van der Waals surface area (Å²) < 4.78 is 61.3. The van der Waals surface area contributed by atoms with Gasteiger partial charge in [-0.2, -0.15) is 4.31 Å². The molecule has 0 saturated carbocycles. The van der Waals surface area contributed by atoms with Crippen molar-refractivity contribution in [1.29, 1.82) is 0 Å². The second kappa shape index (κ2) is 9.17. The van der Waals surface area contributed by atoms with Crippen molar-refractivity contribution in [2.45, 2.75) is 23.6 Å². The first kappa shape index (κ1) is 23.1. The number of sulfonamides is 1. The summed E-state index contributed by atoms with van der Waals surface area (Å²) in [6.07, 6.45) is 2.49. The third-order valence-electron chi connectivity index (χ3n) is 5.62. The van der Waals surface area contributed by atoms with Crippen LogP contribution in [0.25, 0.3) is 10.2 Å². The number of fused-ring (bicyclic) bond motifs is 1. The van der Waals surface area contributed by atoms with Crippen LogP contribution in [0, 0.1) is 17.6 Å². The van der Waals surface area contributed by atoms with Crippen LogP contribution in [0.4, 0.5) is 13.9 Å². The minimum Gasteiger partial charge on any atom is -0.467 e. The monoisotopic (exact) mass is 523 g/mol. The molecule has 0 aliphatic carbocycles. The molecule has 1 aromatic carbocycles. The van der Waals surface area contributed by atoms with Gasteiger partial charge in [-0.1, -0.05) is 17.4 Å². The average Bonchev–Trinajstić information content (AvgIpc) is 3.59. The Hall–Kier alpha value is -2.67. The van der Waals surface area contributed by atoms with E-state index >= 15 is 0 Å². The summed E-state index contributed by atoms with van der Waals surface area (Å²) in [6, 6.07) is 8.52. The van der Waals surface area contributed by atoms with Gasteiger partial charge in [-0.05, 0) is 42.5 Å². The van der Waals surface area contributed by atoms with Crippen molar-refractivity contribution in [2.75, 3.05) is 18.0 Å². The highest BCUT2D eigenvalue weighted by Gasteiger charge is 2.37. The van der Waals surface area contributed by atoms with E-state index in [2.05, 4.69) is 4.98 Å². The third-order valence-corrected chi connectivity index (χ3v) is 9.88. The normalized spacial score (nSPS) is 17.3. The highest BCUT2D eigenvalue weighted by atomic mass is 32.2. The van der Waals surface area contributed by atoms with Crippen LogP contribution in [-0.2, 0) is 21.4 Å². The number of amides is 1. The van der Waals surface area contributed by atoms with Crippen LogP contribution >= 0.6 is 22.7 Å². The summed E-state index contributed by atoms with van der Waals surface area (Å²) in [7, 11) is -3.70. The van der Waals surface area contributed by atoms with Crippen LogP contribution in [0.2, 0.25) is 0 Å². The van der Waals surface area contributed by atoms with Crippen LogP contribution in [0.3, 0.4) is 0 Å². The minimum absolute atomic E-state index is 0.0239. The molecule has 3 aromatic heterocycles. The smallest absolute Gasteiger partial charge is 0.252 e. The van der Waals surface area contributed by atoms with E-state index in [0.717, 1.165) is 28.7 Å². The van der Waals surface area contributed by atoms with Gasteiger partial charge in [-0.15, -0.1) is 11.3 Å². The lowest BCUT2D eigenvalue weighted by molar-refractivity contribution is -0.123. The summed E-state index contributed by atoms with van der Waals surface area (Å²) in [5.41, 5.74) is -0.0239. The Morgan fingerprint density at radius 1 is 1.26 bits per heavy atom. The summed E-state index contributed by atoms with van der Waals surface area (Å²) in [5.74, 6) is -2.02. The Bertz CT molecular complexity index is 1420. The largest absolute Gasteiger partial charge is 0.467 e. The van der Waals surface area contributed by atoms with E-state index < -0.39 is 27.6 Å². The lowest BCUT2D eigenvalue weighted by Gasteiger charge is -2.33. The number of hydrogen-bond donors (Lipinski definition) is 0. The van der Waals surface area contributed by atoms with Crippen LogP contribution < -0.4 is 4.90 Å². The first-order chi connectivity index (χ1) is 16.3. The Kier molecular flexibility index (Phi) is 6.23. The fraction of sp³-hybridized carbons (Fsp3) is 0.273. The fourth-order valence-electron chi connectivity index (χ4n) is 3.98. The maximum atomic E-state index is 14.3. The number of anilines is 1. The Labute approximate surface area is 202 Å². The van der Waals surface area contributed by atoms with Gasteiger partial charge < -0.3 is 4.42 Å². The number of carbonyl (C=O) groups is 1. The molecule has 4 heterocycles. The van der Waals surface area contributed by atoms with E-state index in [0.29, 0.717) is 25.1 Å². The second-order valence-corrected chi connectivity index (χ2v) is 12.0. The van der Waals surface area contributed by atoms with Crippen molar-refractivity contribution in [1.82, 2.24) is 9.29 Å². The molecule has 1 aliphatic rings. The van der Waals surface area contributed by atoms with Gasteiger partial charge >= 0.3 is 0 Å². The summed E-state index contributed by atoms with van der Waals surface area (Å²) in [5, 5.41) is 1.89. The van der Waals surface area contributed by atoms with Crippen molar-refractivity contribution >= 4 is 54.0 Å². The number of aromatic nitrogens is 1. The quantitative estimate of drug-likeness (QED) is 0.360. The molecular weight excluding hydrogens is 504 g/mol. The Morgan fingerprint density at radius 2 is 2.12 bits per heavy atom. The third kappa shape index (κ3) is 4.38. The zero-order valence-corrected chi connectivity index (χ0v) is 20.1. The molecule has 4 aromatic rings. The van der Waals surface area contributed by atoms with Gasteiger partial charge in [0.25, 0.3) is 10.0 Å². The van der Waals surface area contributed by atoms with Crippen molar-refractivity contribution in [3.05, 3.63) is 65.4 Å². The highest BCUT2D eigenvalue weighted by Crippen LogP contribution is 2.34. The number of benzene rings is 1. The number of nitrogens with zero attached hydrogens (tertiary/aromatic N) is 3. The Balaban J connectivity index is 1.47. The predicted octanol–water partition coefficient (Wildman–Crippen LogP) is 4.86. The van der Waals surface area contributed by atoms with Crippen LogP contribution in [0.5, 0.6) is 0 Å². The molecule has 1 atom stereocenters. The van der Waals surface area contributed by atoms with Gasteiger partial charge in [0.2, 0.25) is 5.91 Å². The zero-order chi connectivity index (χ0) is 23.9. The topological polar surface area (TPSA) is 83.7 Å². The number of halogens is 2. The number of furan rings is 1. The molecular formula is C22H19F2N3O4S3. The van der Waals surface area contributed by atoms with Crippen molar-refractivity contribution < 1.29 is 26.4 Å². The van der Waals surface area contributed by atoms with E-state index in [-0.39, 0.29) is 38.6 Å². The van der Waals surface area contributed by atoms with Crippen LogP contribution in [-0.4, -0.2) is 36.7 Å². The highest BCUT2D eigenvalue weighted by molar-refractivity contribution is 7.91. The molecule has 0 N–H and O–H groups in total. The average molecular weight is 524 g/mol. The number of rotatable bonds is 6. The molecule has 34 heavy (non-hydrogen) atoms. The second-order valence-electron chi connectivity index (χ2n) is 7.87. The van der Waals surface area contributed by atoms with Crippen molar-refractivity contribution in [3.63, 3.8) is 0 Å². The van der Waals surface area contributed by atoms with Crippen molar-refractivity contribution in [3.8, 4) is 0 Å². The van der Waals surface area contributed by atoms with E-state index in [1.54, 1.807) is 29.6 Å². The lowest BCUT2D eigenvalue weighted by atomic mass is 9.98. The molecule has 7 nitrogen and oxygen atoms in total. The molecule has 0 spiro atoms. The fourth-order valence-corrected chi connectivity index (χ4v) is 7.66. The zero-order valence-electron chi connectivity index (χ0n) is 17.7. The predicted molar refractivity (Wildman–Crippen MR) is 125 cm³/mol. The number of hydrogen-bond acceptors (Lipinski definition) is 7. The van der Waals surface area contributed by atoms with Crippen LogP contribution in [0.1, 0.15) is 18.6 Å². The van der Waals surface area contributed by atoms with Gasteiger partial charge in [-0.3, -0.25) is 9.69 Å². The summed E-state index contributed by atoms with van der Waals surface area (Å²) in [4.78, 5) is 19.3. The first-order valence-corrected chi connectivity index (χ1v) is 13.6.